The predicted octanol–water partition coefficient (Wildman–Crippen LogP) is 4.87. The Balaban J connectivity index is 1.18. The van der Waals surface area contributed by atoms with E-state index in [2.05, 4.69) is 76.1 Å². The molecule has 0 atom stereocenters. The van der Waals surface area contributed by atoms with Crippen molar-refractivity contribution in [1.29, 1.82) is 0 Å². The third kappa shape index (κ3) is 6.29. The fourth-order valence-electron chi connectivity index (χ4n) is 4.21. The summed E-state index contributed by atoms with van der Waals surface area (Å²) in [5, 5.41) is 22.8. The van der Waals surface area contributed by atoms with Gasteiger partial charge in [0.2, 0.25) is 5.16 Å². The summed E-state index contributed by atoms with van der Waals surface area (Å²) < 4.78 is 5.60. The Bertz CT molecular complexity index is 1640. The van der Waals surface area contributed by atoms with Crippen molar-refractivity contribution in [3.8, 4) is 11.4 Å². The maximum Gasteiger partial charge on any atom is 0.209 e. The van der Waals surface area contributed by atoms with E-state index in [9.17, 15) is 0 Å². The van der Waals surface area contributed by atoms with Gasteiger partial charge >= 0.3 is 0 Å². The molecule has 9 nitrogen and oxygen atoms in total. The van der Waals surface area contributed by atoms with Gasteiger partial charge in [0.25, 0.3) is 0 Å². The Kier molecular flexibility index (Phi) is 7.26. The molecule has 0 saturated heterocycles. The number of thioether (sulfide) groups is 1. The van der Waals surface area contributed by atoms with Crippen LogP contribution in [0.1, 0.15) is 28.1 Å². The third-order valence-corrected chi connectivity index (χ3v) is 7.04. The molecule has 39 heavy (non-hydrogen) atoms. The van der Waals surface area contributed by atoms with Gasteiger partial charge in [0.15, 0.2) is 5.82 Å². The molecular formula is C29H27N9S. The lowest BCUT2D eigenvalue weighted by Crippen LogP contribution is -2.05. The van der Waals surface area contributed by atoms with E-state index >= 15 is 0 Å². The van der Waals surface area contributed by atoms with Gasteiger partial charge in [-0.25, -0.2) is 19.0 Å². The summed E-state index contributed by atoms with van der Waals surface area (Å²) >= 11 is 1.54. The largest absolute Gasteiger partial charge is 0.248 e. The summed E-state index contributed by atoms with van der Waals surface area (Å²) in [5.41, 5.74) is 6.27. The Morgan fingerprint density at radius 2 is 1.26 bits per heavy atom. The molecule has 0 amide bonds. The van der Waals surface area contributed by atoms with Crippen LogP contribution in [0, 0.1) is 6.92 Å². The number of aryl methyl sites for hydroxylation is 1. The van der Waals surface area contributed by atoms with Crippen molar-refractivity contribution in [3.05, 3.63) is 125 Å². The molecule has 0 unspecified atom stereocenters. The van der Waals surface area contributed by atoms with E-state index in [1.165, 1.54) is 16.7 Å². The molecule has 194 valence electrons. The van der Waals surface area contributed by atoms with Crippen molar-refractivity contribution in [1.82, 2.24) is 44.8 Å². The smallest absolute Gasteiger partial charge is 0.209 e. The van der Waals surface area contributed by atoms with Gasteiger partial charge in [0, 0.05) is 17.5 Å². The van der Waals surface area contributed by atoms with Gasteiger partial charge in [-0.3, -0.25) is 0 Å². The Morgan fingerprint density at radius 1 is 0.667 bits per heavy atom. The number of hydrogen-bond donors (Lipinski definition) is 0. The number of benzene rings is 3. The highest BCUT2D eigenvalue weighted by Crippen LogP contribution is 2.25. The first-order valence-corrected chi connectivity index (χ1v) is 13.7. The minimum Gasteiger partial charge on any atom is -0.248 e. The summed E-state index contributed by atoms with van der Waals surface area (Å²) in [6, 6.07) is 28.8. The van der Waals surface area contributed by atoms with Gasteiger partial charge < -0.3 is 0 Å². The summed E-state index contributed by atoms with van der Waals surface area (Å²) in [5.74, 6) is 1.42. The monoisotopic (exact) mass is 533 g/mol. The fourth-order valence-corrected chi connectivity index (χ4v) is 4.93. The first kappa shape index (κ1) is 24.7. The molecule has 10 heteroatoms. The molecule has 3 aromatic carbocycles. The number of hydrogen-bond acceptors (Lipinski definition) is 7. The second-order valence-corrected chi connectivity index (χ2v) is 10.3. The maximum atomic E-state index is 4.88. The van der Waals surface area contributed by atoms with Crippen LogP contribution in [0.25, 0.3) is 11.4 Å². The average Bonchev–Trinajstić information content (AvgIpc) is 3.70. The molecule has 6 rings (SSSR count). The van der Waals surface area contributed by atoms with E-state index in [-0.39, 0.29) is 0 Å². The number of nitrogens with zero attached hydrogens (tertiary/aromatic N) is 9. The molecule has 0 spiro atoms. The van der Waals surface area contributed by atoms with Gasteiger partial charge in [0.05, 0.1) is 31.5 Å². The average molecular weight is 534 g/mol. The minimum atomic E-state index is 0.471. The van der Waals surface area contributed by atoms with Crippen LogP contribution in [0.5, 0.6) is 0 Å². The quantitative estimate of drug-likeness (QED) is 0.232. The van der Waals surface area contributed by atoms with Gasteiger partial charge in [-0.1, -0.05) is 113 Å². The molecule has 0 radical (unpaired) electrons. The second kappa shape index (κ2) is 11.4. The van der Waals surface area contributed by atoms with E-state index in [0.717, 1.165) is 22.8 Å². The molecule has 0 bridgehead atoms. The van der Waals surface area contributed by atoms with E-state index in [1.807, 2.05) is 62.8 Å². The fraction of sp³-hybridized carbons (Fsp3) is 0.172. The van der Waals surface area contributed by atoms with E-state index in [4.69, 9.17) is 10.1 Å². The molecule has 0 saturated carbocycles. The van der Waals surface area contributed by atoms with Crippen LogP contribution < -0.4 is 0 Å². The topological polar surface area (TPSA) is 92.1 Å². The lowest BCUT2D eigenvalue weighted by atomic mass is 10.1. The Labute approximate surface area is 230 Å². The second-order valence-electron chi connectivity index (χ2n) is 9.32. The van der Waals surface area contributed by atoms with Gasteiger partial charge in [-0.15, -0.1) is 15.3 Å². The molecule has 0 fully saturated rings. The first-order valence-electron chi connectivity index (χ1n) is 12.7. The SMILES string of the molecule is Cc1ccc(-c2nc(SCc3cn(Cc4ccccc4)nn3)nn2Cc2cn(Cc3ccccc3)nn2)cc1. The van der Waals surface area contributed by atoms with Crippen LogP contribution in [0.3, 0.4) is 0 Å². The molecular weight excluding hydrogens is 506 g/mol. The molecule has 6 aromatic rings. The van der Waals surface area contributed by atoms with Crippen molar-refractivity contribution < 1.29 is 0 Å². The van der Waals surface area contributed by atoms with Gasteiger partial charge in [0.1, 0.15) is 5.69 Å². The highest BCUT2D eigenvalue weighted by atomic mass is 32.2. The van der Waals surface area contributed by atoms with Crippen molar-refractivity contribution in [2.45, 2.75) is 37.5 Å². The molecule has 3 heterocycles. The summed E-state index contributed by atoms with van der Waals surface area (Å²) in [7, 11) is 0. The molecule has 0 N–H and O–H groups in total. The van der Waals surface area contributed by atoms with E-state index in [1.54, 1.807) is 11.8 Å². The number of aromatic nitrogens is 9. The van der Waals surface area contributed by atoms with Crippen LogP contribution in [-0.2, 0) is 25.4 Å². The standard InChI is InChI=1S/C29H27N9S/c1-22-12-14-25(15-13-22)28-30-29(39-21-27-19-37(35-32-27)17-24-10-6-3-7-11-24)33-38(28)20-26-18-36(34-31-26)16-23-8-4-2-5-9-23/h2-15,18-19H,16-17,20-21H2,1H3. The van der Waals surface area contributed by atoms with E-state index < -0.39 is 0 Å². The molecule has 0 aliphatic rings. The van der Waals surface area contributed by atoms with Crippen LogP contribution in [0.2, 0.25) is 0 Å². The summed E-state index contributed by atoms with van der Waals surface area (Å²) in [6.07, 6.45) is 3.94. The zero-order valence-electron chi connectivity index (χ0n) is 21.5. The van der Waals surface area contributed by atoms with Gasteiger partial charge in [-0.2, -0.15) is 0 Å². The van der Waals surface area contributed by atoms with Crippen LogP contribution >= 0.6 is 11.8 Å². The van der Waals surface area contributed by atoms with Crippen molar-refractivity contribution in [2.75, 3.05) is 0 Å². The zero-order chi connectivity index (χ0) is 26.4. The summed E-state index contributed by atoms with van der Waals surface area (Å²) in [4.78, 5) is 4.88. The van der Waals surface area contributed by atoms with Crippen molar-refractivity contribution in [3.63, 3.8) is 0 Å². The van der Waals surface area contributed by atoms with Crippen molar-refractivity contribution in [2.24, 2.45) is 0 Å². The first-order chi connectivity index (χ1) is 19.2. The summed E-state index contributed by atoms with van der Waals surface area (Å²) in [6.45, 7) is 3.90. The number of rotatable bonds is 10. The van der Waals surface area contributed by atoms with Crippen molar-refractivity contribution >= 4 is 11.8 Å². The zero-order valence-corrected chi connectivity index (χ0v) is 22.3. The lowest BCUT2D eigenvalue weighted by molar-refractivity contribution is 0.643. The Morgan fingerprint density at radius 3 is 1.90 bits per heavy atom. The normalized spacial score (nSPS) is 11.2. The van der Waals surface area contributed by atoms with E-state index in [0.29, 0.717) is 30.5 Å². The van der Waals surface area contributed by atoms with Crippen LogP contribution in [-0.4, -0.2) is 44.8 Å². The minimum absolute atomic E-state index is 0.471. The van der Waals surface area contributed by atoms with Gasteiger partial charge in [-0.05, 0) is 18.1 Å². The maximum absolute atomic E-state index is 4.88. The molecule has 0 aliphatic carbocycles. The molecule has 3 aromatic heterocycles. The molecule has 0 aliphatic heterocycles. The Hall–Kier alpha value is -4.57. The third-order valence-electron chi connectivity index (χ3n) is 6.17. The highest BCUT2D eigenvalue weighted by Gasteiger charge is 2.15. The predicted molar refractivity (Wildman–Crippen MR) is 150 cm³/mol. The highest BCUT2D eigenvalue weighted by molar-refractivity contribution is 7.98. The van der Waals surface area contributed by atoms with Crippen LogP contribution in [0.15, 0.2) is 102 Å². The van der Waals surface area contributed by atoms with Crippen LogP contribution in [0.4, 0.5) is 0 Å². The lowest BCUT2D eigenvalue weighted by Gasteiger charge is -2.04.